The molecule has 0 radical (unpaired) electrons. The van der Waals surface area contributed by atoms with Crippen molar-refractivity contribution < 1.29 is 0 Å². The predicted octanol–water partition coefficient (Wildman–Crippen LogP) is 3.08. The topological polar surface area (TPSA) is 40.7 Å². The van der Waals surface area contributed by atoms with Gasteiger partial charge in [-0.05, 0) is 25.0 Å². The van der Waals surface area contributed by atoms with Crippen LogP contribution in [0.5, 0.6) is 0 Å². The van der Waals surface area contributed by atoms with E-state index in [1.165, 1.54) is 24.1 Å². The summed E-state index contributed by atoms with van der Waals surface area (Å²) in [5.74, 6) is 0. The lowest BCUT2D eigenvalue weighted by Crippen LogP contribution is -2.31. The van der Waals surface area contributed by atoms with Gasteiger partial charge < -0.3 is 5.32 Å². The van der Waals surface area contributed by atoms with Crippen LogP contribution in [0.1, 0.15) is 30.1 Å². The van der Waals surface area contributed by atoms with Crippen LogP contribution in [0.4, 0.5) is 0 Å². The van der Waals surface area contributed by atoms with Gasteiger partial charge in [-0.2, -0.15) is 5.10 Å². The summed E-state index contributed by atoms with van der Waals surface area (Å²) < 4.78 is 0. The number of benzene rings is 1. The maximum Gasteiger partial charge on any atom is 0.0971 e. The molecule has 1 aromatic heterocycles. The molecule has 2 N–H and O–H groups in total. The number of aromatic nitrogens is 2. The molecule has 0 amide bonds. The minimum absolute atomic E-state index is 0.475. The highest BCUT2D eigenvalue weighted by molar-refractivity contribution is 6.30. The van der Waals surface area contributed by atoms with Crippen molar-refractivity contribution in [2.24, 2.45) is 0 Å². The molecule has 1 aromatic carbocycles. The van der Waals surface area contributed by atoms with E-state index >= 15 is 0 Å². The molecule has 0 spiro atoms. The predicted molar refractivity (Wildman–Crippen MR) is 71.6 cm³/mol. The maximum absolute atomic E-state index is 5.94. The maximum atomic E-state index is 5.94. The van der Waals surface area contributed by atoms with Crippen LogP contribution in [-0.2, 0) is 6.42 Å². The van der Waals surface area contributed by atoms with Gasteiger partial charge in [-0.15, -0.1) is 0 Å². The summed E-state index contributed by atoms with van der Waals surface area (Å²) in [7, 11) is 0. The van der Waals surface area contributed by atoms with Crippen LogP contribution in [0.25, 0.3) is 11.3 Å². The number of nitrogens with one attached hydrogen (secondary N) is 2. The number of H-pyrrole nitrogens is 1. The molecule has 0 aliphatic carbocycles. The summed E-state index contributed by atoms with van der Waals surface area (Å²) in [5.41, 5.74) is 4.90. The fraction of sp³-hybridized carbons (Fsp3) is 0.357. The molecule has 18 heavy (non-hydrogen) atoms. The molecule has 92 valence electrons. The molecule has 0 saturated carbocycles. The smallest absolute Gasteiger partial charge is 0.0971 e. The molecule has 1 fully saturated rings. The molecule has 4 rings (SSSR count). The molecular weight excluding hydrogens is 246 g/mol. The lowest BCUT2D eigenvalue weighted by atomic mass is 9.96. The van der Waals surface area contributed by atoms with Crippen molar-refractivity contribution in [3.63, 3.8) is 0 Å². The summed E-state index contributed by atoms with van der Waals surface area (Å²) in [4.78, 5) is 0. The Labute approximate surface area is 111 Å². The van der Waals surface area contributed by atoms with Gasteiger partial charge in [-0.25, -0.2) is 0 Å². The van der Waals surface area contributed by atoms with E-state index in [2.05, 4.69) is 15.5 Å². The van der Waals surface area contributed by atoms with E-state index in [4.69, 9.17) is 11.6 Å². The number of halogens is 1. The first kappa shape index (κ1) is 10.6. The van der Waals surface area contributed by atoms with Crippen molar-refractivity contribution in [2.75, 3.05) is 0 Å². The Morgan fingerprint density at radius 1 is 1.17 bits per heavy atom. The van der Waals surface area contributed by atoms with E-state index in [0.717, 1.165) is 22.7 Å². The lowest BCUT2D eigenvalue weighted by Gasteiger charge is -2.21. The Hall–Kier alpha value is -1.32. The quantitative estimate of drug-likeness (QED) is 0.826. The summed E-state index contributed by atoms with van der Waals surface area (Å²) in [5, 5.41) is 12.2. The van der Waals surface area contributed by atoms with Crippen LogP contribution >= 0.6 is 11.6 Å². The second kappa shape index (κ2) is 3.84. The number of rotatable bonds is 1. The second-order valence-electron chi connectivity index (χ2n) is 5.17. The van der Waals surface area contributed by atoms with Crippen molar-refractivity contribution in [1.82, 2.24) is 15.5 Å². The Kier molecular flexibility index (Phi) is 2.26. The molecule has 2 aromatic rings. The highest BCUT2D eigenvalue weighted by atomic mass is 35.5. The minimum atomic E-state index is 0.475. The lowest BCUT2D eigenvalue weighted by molar-refractivity contribution is 0.511. The van der Waals surface area contributed by atoms with Crippen LogP contribution in [0.2, 0.25) is 5.02 Å². The van der Waals surface area contributed by atoms with Gasteiger partial charge in [0, 0.05) is 40.3 Å². The number of fused-ring (bicyclic) bond motifs is 4. The zero-order valence-corrected chi connectivity index (χ0v) is 10.7. The van der Waals surface area contributed by atoms with Crippen LogP contribution in [0.15, 0.2) is 24.3 Å². The number of hydrogen-bond acceptors (Lipinski definition) is 2. The average molecular weight is 260 g/mol. The van der Waals surface area contributed by atoms with Crippen LogP contribution in [-0.4, -0.2) is 16.2 Å². The van der Waals surface area contributed by atoms with Gasteiger partial charge in [0.05, 0.1) is 5.69 Å². The van der Waals surface area contributed by atoms with Crippen molar-refractivity contribution >= 4 is 11.6 Å². The molecule has 1 saturated heterocycles. The zero-order chi connectivity index (χ0) is 12.1. The molecule has 4 heteroatoms. The molecule has 0 unspecified atom stereocenters. The third-order valence-corrected chi connectivity index (χ3v) is 4.29. The molecule has 2 aliphatic rings. The molecule has 2 bridgehead atoms. The van der Waals surface area contributed by atoms with Gasteiger partial charge in [0.1, 0.15) is 0 Å². The number of hydrogen-bond donors (Lipinski definition) is 2. The summed E-state index contributed by atoms with van der Waals surface area (Å²) in [6.07, 6.45) is 3.57. The molecule has 3 nitrogen and oxygen atoms in total. The first-order valence-corrected chi connectivity index (χ1v) is 6.78. The number of aromatic amines is 1. The van der Waals surface area contributed by atoms with E-state index in [-0.39, 0.29) is 0 Å². The minimum Gasteiger partial charge on any atom is -0.307 e. The van der Waals surface area contributed by atoms with E-state index < -0.39 is 0 Å². The van der Waals surface area contributed by atoms with E-state index in [9.17, 15) is 0 Å². The van der Waals surface area contributed by atoms with Gasteiger partial charge in [-0.1, -0.05) is 23.7 Å². The standard InChI is InChI=1S/C14H14ClN3/c15-9-3-1-8(2-4-9)14-13-11-6-5-10(16-11)7-12(13)17-18-14/h1-4,10-11,16H,5-7H2,(H,17,18)/t10-,11+/m0/s1. The second-order valence-corrected chi connectivity index (χ2v) is 5.61. The zero-order valence-electron chi connectivity index (χ0n) is 9.91. The van der Waals surface area contributed by atoms with Gasteiger partial charge in [0.15, 0.2) is 0 Å². The van der Waals surface area contributed by atoms with E-state index in [0.29, 0.717) is 12.1 Å². The van der Waals surface area contributed by atoms with Gasteiger partial charge in [-0.3, -0.25) is 5.10 Å². The highest BCUT2D eigenvalue weighted by Crippen LogP contribution is 2.40. The molecule has 2 aliphatic heterocycles. The van der Waals surface area contributed by atoms with Crippen LogP contribution in [0, 0.1) is 0 Å². The first-order valence-electron chi connectivity index (χ1n) is 6.40. The van der Waals surface area contributed by atoms with Gasteiger partial charge in [0.2, 0.25) is 0 Å². The van der Waals surface area contributed by atoms with E-state index in [1.54, 1.807) is 0 Å². The highest BCUT2D eigenvalue weighted by Gasteiger charge is 2.35. The average Bonchev–Trinajstić information content (AvgIpc) is 2.96. The summed E-state index contributed by atoms with van der Waals surface area (Å²) >= 11 is 5.94. The SMILES string of the molecule is Clc1ccc(-c2n[nH]c3c2[C@H]2CC[C@@H](C3)N2)cc1. The fourth-order valence-corrected chi connectivity index (χ4v) is 3.33. The van der Waals surface area contributed by atoms with Crippen molar-refractivity contribution in [2.45, 2.75) is 31.3 Å². The summed E-state index contributed by atoms with van der Waals surface area (Å²) in [6.45, 7) is 0. The third-order valence-electron chi connectivity index (χ3n) is 4.04. The van der Waals surface area contributed by atoms with Crippen LogP contribution in [0.3, 0.4) is 0 Å². The molecular formula is C14H14ClN3. The van der Waals surface area contributed by atoms with Crippen molar-refractivity contribution in [1.29, 1.82) is 0 Å². The molecule has 3 heterocycles. The Morgan fingerprint density at radius 2 is 2.00 bits per heavy atom. The van der Waals surface area contributed by atoms with Crippen molar-refractivity contribution in [3.8, 4) is 11.3 Å². The monoisotopic (exact) mass is 259 g/mol. The normalized spacial score (nSPS) is 25.2. The summed E-state index contributed by atoms with van der Waals surface area (Å²) in [6, 6.07) is 9.04. The van der Waals surface area contributed by atoms with Crippen LogP contribution < -0.4 is 5.32 Å². The fourth-order valence-electron chi connectivity index (χ4n) is 3.20. The Balaban J connectivity index is 1.83. The number of nitrogens with zero attached hydrogens (tertiary/aromatic N) is 1. The first-order chi connectivity index (χ1) is 8.81. The van der Waals surface area contributed by atoms with Gasteiger partial charge in [0.25, 0.3) is 0 Å². The van der Waals surface area contributed by atoms with Gasteiger partial charge >= 0.3 is 0 Å². The largest absolute Gasteiger partial charge is 0.307 e. The van der Waals surface area contributed by atoms with E-state index in [1.807, 2.05) is 24.3 Å². The van der Waals surface area contributed by atoms with Crippen molar-refractivity contribution in [3.05, 3.63) is 40.5 Å². The Morgan fingerprint density at radius 3 is 2.83 bits per heavy atom. The molecule has 2 atom stereocenters. The third kappa shape index (κ3) is 1.51. The Bertz CT molecular complexity index is 588.